The van der Waals surface area contributed by atoms with Gasteiger partial charge in [0, 0.05) is 12.2 Å². The van der Waals surface area contributed by atoms with E-state index in [2.05, 4.69) is 13.8 Å². The second-order valence-electron chi connectivity index (χ2n) is 3.85. The van der Waals surface area contributed by atoms with Crippen LogP contribution in [0.2, 0.25) is 0 Å². The standard InChI is InChI=1S/C12H17NO2/c1-10(2)8-13(9-14)11-4-6-12(15-3)7-5-11/h4-7,9-10H,8H2,1-3H3. The first-order valence-corrected chi connectivity index (χ1v) is 5.03. The van der Waals surface area contributed by atoms with E-state index in [9.17, 15) is 4.79 Å². The number of amides is 1. The molecule has 0 saturated heterocycles. The predicted molar refractivity (Wildman–Crippen MR) is 61.2 cm³/mol. The lowest BCUT2D eigenvalue weighted by Gasteiger charge is -2.19. The van der Waals surface area contributed by atoms with Crippen molar-refractivity contribution in [3.8, 4) is 5.75 Å². The molecule has 82 valence electrons. The number of carbonyl (C=O) groups is 1. The summed E-state index contributed by atoms with van der Waals surface area (Å²) in [5.41, 5.74) is 0.902. The lowest BCUT2D eigenvalue weighted by atomic mass is 10.2. The normalized spacial score (nSPS) is 10.1. The Hall–Kier alpha value is -1.51. The highest BCUT2D eigenvalue weighted by Crippen LogP contribution is 2.18. The highest BCUT2D eigenvalue weighted by molar-refractivity contribution is 5.75. The van der Waals surface area contributed by atoms with Crippen LogP contribution in [-0.4, -0.2) is 20.1 Å². The smallest absolute Gasteiger partial charge is 0.214 e. The highest BCUT2D eigenvalue weighted by atomic mass is 16.5. The minimum absolute atomic E-state index is 0.456. The van der Waals surface area contributed by atoms with Gasteiger partial charge in [0.15, 0.2) is 0 Å². The molecule has 1 aromatic carbocycles. The minimum atomic E-state index is 0.456. The Kier molecular flexibility index (Phi) is 4.16. The number of hydrogen-bond acceptors (Lipinski definition) is 2. The van der Waals surface area contributed by atoms with E-state index in [1.165, 1.54) is 0 Å². The van der Waals surface area contributed by atoms with Gasteiger partial charge in [0.1, 0.15) is 5.75 Å². The first-order chi connectivity index (χ1) is 7.17. The van der Waals surface area contributed by atoms with E-state index < -0.39 is 0 Å². The summed E-state index contributed by atoms with van der Waals surface area (Å²) in [6.45, 7) is 4.90. The van der Waals surface area contributed by atoms with Gasteiger partial charge in [-0.1, -0.05) is 13.8 Å². The summed E-state index contributed by atoms with van der Waals surface area (Å²) in [5.74, 6) is 1.26. The van der Waals surface area contributed by atoms with Crippen LogP contribution in [0.5, 0.6) is 5.75 Å². The number of carbonyl (C=O) groups excluding carboxylic acids is 1. The van der Waals surface area contributed by atoms with Crippen molar-refractivity contribution in [2.45, 2.75) is 13.8 Å². The molecule has 3 nitrogen and oxygen atoms in total. The zero-order valence-corrected chi connectivity index (χ0v) is 9.43. The first-order valence-electron chi connectivity index (χ1n) is 5.03. The van der Waals surface area contributed by atoms with Crippen molar-refractivity contribution in [3.05, 3.63) is 24.3 Å². The first kappa shape index (κ1) is 11.6. The predicted octanol–water partition coefficient (Wildman–Crippen LogP) is 2.31. The molecule has 15 heavy (non-hydrogen) atoms. The SMILES string of the molecule is COc1ccc(N(C=O)CC(C)C)cc1. The second kappa shape index (κ2) is 5.39. The average molecular weight is 207 g/mol. The Morgan fingerprint density at radius 2 is 1.93 bits per heavy atom. The Morgan fingerprint density at radius 1 is 1.33 bits per heavy atom. The van der Waals surface area contributed by atoms with Crippen LogP contribution in [0, 0.1) is 5.92 Å². The van der Waals surface area contributed by atoms with E-state index in [0.29, 0.717) is 5.92 Å². The van der Waals surface area contributed by atoms with Gasteiger partial charge >= 0.3 is 0 Å². The van der Waals surface area contributed by atoms with Crippen LogP contribution in [0.1, 0.15) is 13.8 Å². The maximum absolute atomic E-state index is 10.9. The van der Waals surface area contributed by atoms with Crippen LogP contribution < -0.4 is 9.64 Å². The number of benzene rings is 1. The third-order valence-electron chi connectivity index (χ3n) is 2.09. The summed E-state index contributed by atoms with van der Waals surface area (Å²) >= 11 is 0. The molecular weight excluding hydrogens is 190 g/mol. The summed E-state index contributed by atoms with van der Waals surface area (Å²) in [7, 11) is 1.63. The topological polar surface area (TPSA) is 29.5 Å². The number of ether oxygens (including phenoxy) is 1. The molecule has 1 aromatic rings. The van der Waals surface area contributed by atoms with E-state index in [1.54, 1.807) is 12.0 Å². The maximum Gasteiger partial charge on any atom is 0.214 e. The molecule has 0 spiro atoms. The molecule has 1 rings (SSSR count). The molecule has 1 amide bonds. The molecule has 0 aromatic heterocycles. The van der Waals surface area contributed by atoms with Crippen molar-refractivity contribution in [1.82, 2.24) is 0 Å². The Labute approximate surface area is 90.7 Å². The molecule has 0 fully saturated rings. The third-order valence-corrected chi connectivity index (χ3v) is 2.09. The average Bonchev–Trinajstić information content (AvgIpc) is 2.26. The van der Waals surface area contributed by atoms with Gasteiger partial charge in [-0.2, -0.15) is 0 Å². The minimum Gasteiger partial charge on any atom is -0.497 e. The third kappa shape index (κ3) is 3.27. The zero-order chi connectivity index (χ0) is 11.3. The fourth-order valence-electron chi connectivity index (χ4n) is 1.38. The van der Waals surface area contributed by atoms with Crippen molar-refractivity contribution in [2.75, 3.05) is 18.6 Å². The van der Waals surface area contributed by atoms with Crippen molar-refractivity contribution >= 4 is 12.1 Å². The van der Waals surface area contributed by atoms with Gasteiger partial charge < -0.3 is 9.64 Å². The molecule has 3 heteroatoms. The van der Waals surface area contributed by atoms with E-state index in [4.69, 9.17) is 4.74 Å². The molecular formula is C12H17NO2. The second-order valence-corrected chi connectivity index (χ2v) is 3.85. The molecule has 0 N–H and O–H groups in total. The lowest BCUT2D eigenvalue weighted by molar-refractivity contribution is -0.107. The van der Waals surface area contributed by atoms with Crippen LogP contribution in [-0.2, 0) is 4.79 Å². The molecule has 0 saturated carbocycles. The molecule has 0 bridgehead atoms. The van der Waals surface area contributed by atoms with Gasteiger partial charge in [0.25, 0.3) is 0 Å². The van der Waals surface area contributed by atoms with Gasteiger partial charge in [0.05, 0.1) is 7.11 Å². The Morgan fingerprint density at radius 3 is 2.33 bits per heavy atom. The number of rotatable bonds is 5. The Balaban J connectivity index is 2.78. The molecule has 0 atom stereocenters. The van der Waals surface area contributed by atoms with E-state index in [0.717, 1.165) is 24.4 Å². The zero-order valence-electron chi connectivity index (χ0n) is 9.43. The Bertz CT molecular complexity index is 306. The number of anilines is 1. The summed E-state index contributed by atoms with van der Waals surface area (Å²) < 4.78 is 5.06. The van der Waals surface area contributed by atoms with Crippen LogP contribution in [0.15, 0.2) is 24.3 Å². The van der Waals surface area contributed by atoms with Gasteiger partial charge in [-0.05, 0) is 30.2 Å². The van der Waals surface area contributed by atoms with Crippen molar-refractivity contribution in [2.24, 2.45) is 5.92 Å². The van der Waals surface area contributed by atoms with Gasteiger partial charge in [-0.15, -0.1) is 0 Å². The van der Waals surface area contributed by atoms with Crippen molar-refractivity contribution in [1.29, 1.82) is 0 Å². The summed E-state index contributed by atoms with van der Waals surface area (Å²) in [6, 6.07) is 7.48. The van der Waals surface area contributed by atoms with Crippen LogP contribution in [0.4, 0.5) is 5.69 Å². The summed E-state index contributed by atoms with van der Waals surface area (Å²) in [6.07, 6.45) is 0.863. The van der Waals surface area contributed by atoms with Crippen molar-refractivity contribution < 1.29 is 9.53 Å². The fraction of sp³-hybridized carbons (Fsp3) is 0.417. The lowest BCUT2D eigenvalue weighted by Crippen LogP contribution is -2.25. The summed E-state index contributed by atoms with van der Waals surface area (Å²) in [5, 5.41) is 0. The molecule has 0 aliphatic heterocycles. The highest BCUT2D eigenvalue weighted by Gasteiger charge is 2.06. The molecule has 0 unspecified atom stereocenters. The van der Waals surface area contributed by atoms with Crippen LogP contribution in [0.3, 0.4) is 0 Å². The number of hydrogen-bond donors (Lipinski definition) is 0. The van der Waals surface area contributed by atoms with Crippen LogP contribution in [0.25, 0.3) is 0 Å². The van der Waals surface area contributed by atoms with Gasteiger partial charge in [0.2, 0.25) is 6.41 Å². The largest absolute Gasteiger partial charge is 0.497 e. The van der Waals surface area contributed by atoms with E-state index in [-0.39, 0.29) is 0 Å². The maximum atomic E-state index is 10.9. The van der Waals surface area contributed by atoms with E-state index >= 15 is 0 Å². The molecule has 0 aliphatic carbocycles. The molecule has 0 heterocycles. The summed E-state index contributed by atoms with van der Waals surface area (Å²) in [4.78, 5) is 12.6. The van der Waals surface area contributed by atoms with Gasteiger partial charge in [-0.25, -0.2) is 0 Å². The monoisotopic (exact) mass is 207 g/mol. The molecule has 0 aliphatic rings. The van der Waals surface area contributed by atoms with Gasteiger partial charge in [-0.3, -0.25) is 4.79 Å². The van der Waals surface area contributed by atoms with E-state index in [1.807, 2.05) is 24.3 Å². The van der Waals surface area contributed by atoms with Crippen molar-refractivity contribution in [3.63, 3.8) is 0 Å². The number of nitrogens with zero attached hydrogens (tertiary/aromatic N) is 1. The fourth-order valence-corrected chi connectivity index (χ4v) is 1.38. The number of methoxy groups -OCH3 is 1. The molecule has 0 radical (unpaired) electrons. The van der Waals surface area contributed by atoms with Crippen LogP contribution >= 0.6 is 0 Å². The quantitative estimate of drug-likeness (QED) is 0.693.